The van der Waals surface area contributed by atoms with Gasteiger partial charge in [-0.15, -0.1) is 0 Å². The Morgan fingerprint density at radius 1 is 1.09 bits per heavy atom. The fraction of sp³-hybridized carbons (Fsp3) is 0. The lowest BCUT2D eigenvalue weighted by Gasteiger charge is -1.90. The number of anilines is 2. The first kappa shape index (κ1) is 7.33. The Balaban J connectivity index is 2.64. The number of carbonyl (C=O) groups excluding carboxylic acids is 2. The molecule has 5 heteroatoms. The molecule has 0 fully saturated rings. The second-order valence-corrected chi connectivity index (χ2v) is 1.69. The van der Waals surface area contributed by atoms with E-state index in [1.165, 1.54) is 12.1 Å². The van der Waals surface area contributed by atoms with Gasteiger partial charge in [0.05, 0.1) is 0 Å². The lowest BCUT2D eigenvalue weighted by Crippen LogP contribution is -1.92. The largest absolute Gasteiger partial charge is 0.425 e. The topological polar surface area (TPSA) is 71.3 Å². The molecule has 5 nitrogen and oxygen atoms in total. The summed E-state index contributed by atoms with van der Waals surface area (Å²) < 4.78 is 4.88. The smallest absolute Gasteiger partial charge is 0.213 e. The zero-order valence-corrected chi connectivity index (χ0v) is 5.53. The number of hydrogen-bond acceptors (Lipinski definition) is 3. The van der Waals surface area contributed by atoms with E-state index >= 15 is 0 Å². The summed E-state index contributed by atoms with van der Waals surface area (Å²) in [6.07, 6.45) is 0.979. The predicted molar refractivity (Wildman–Crippen MR) is 38.1 cm³/mol. The van der Waals surface area contributed by atoms with Gasteiger partial charge in [0, 0.05) is 12.1 Å². The van der Waals surface area contributed by atoms with Crippen molar-refractivity contribution in [2.45, 2.75) is 0 Å². The van der Waals surface area contributed by atoms with Crippen molar-refractivity contribution in [3.8, 4) is 0 Å². The normalized spacial score (nSPS) is 8.73. The monoisotopic (exact) mass is 154 g/mol. The van der Waals surface area contributed by atoms with Gasteiger partial charge in [-0.3, -0.25) is 20.2 Å². The average Bonchev–Trinajstić information content (AvgIpc) is 2.38. The molecular formula is C6H6N2O3. The van der Waals surface area contributed by atoms with Gasteiger partial charge in [0.1, 0.15) is 0 Å². The Morgan fingerprint density at radius 3 is 1.91 bits per heavy atom. The van der Waals surface area contributed by atoms with E-state index in [-0.39, 0.29) is 0 Å². The zero-order chi connectivity index (χ0) is 8.10. The SMILES string of the molecule is O=CNc1ccc(NC=O)o1. The first-order chi connectivity index (χ1) is 5.36. The van der Waals surface area contributed by atoms with Crippen LogP contribution in [-0.2, 0) is 9.59 Å². The van der Waals surface area contributed by atoms with Gasteiger partial charge in [0.2, 0.25) is 24.6 Å². The molecule has 2 amide bonds. The number of nitrogens with one attached hydrogen (secondary N) is 2. The van der Waals surface area contributed by atoms with Crippen LogP contribution >= 0.6 is 0 Å². The standard InChI is InChI=1S/C6H6N2O3/c9-3-7-5-1-2-6(11-5)8-4-10/h1-4H,(H,7,9)(H,8,10). The van der Waals surface area contributed by atoms with Crippen molar-refractivity contribution in [3.05, 3.63) is 12.1 Å². The second kappa shape index (κ2) is 3.40. The van der Waals surface area contributed by atoms with Crippen molar-refractivity contribution in [1.29, 1.82) is 0 Å². The van der Waals surface area contributed by atoms with Crippen molar-refractivity contribution >= 4 is 24.6 Å². The molecule has 0 bridgehead atoms. The molecule has 1 heterocycles. The molecule has 0 atom stereocenters. The molecule has 0 aromatic carbocycles. The molecule has 0 radical (unpaired) electrons. The first-order valence-corrected chi connectivity index (χ1v) is 2.87. The van der Waals surface area contributed by atoms with Crippen molar-refractivity contribution < 1.29 is 14.0 Å². The molecule has 1 aromatic heterocycles. The minimum absolute atomic E-state index is 0.296. The van der Waals surface area contributed by atoms with Crippen LogP contribution in [0.2, 0.25) is 0 Å². The third-order valence-corrected chi connectivity index (χ3v) is 1.01. The van der Waals surface area contributed by atoms with E-state index in [0.29, 0.717) is 24.6 Å². The number of hydrogen-bond donors (Lipinski definition) is 2. The van der Waals surface area contributed by atoms with E-state index in [1.807, 2.05) is 0 Å². The maximum atomic E-state index is 9.88. The number of carbonyl (C=O) groups is 2. The molecule has 2 N–H and O–H groups in total. The highest BCUT2D eigenvalue weighted by molar-refractivity contribution is 5.72. The van der Waals surface area contributed by atoms with Crippen LogP contribution < -0.4 is 10.6 Å². The maximum Gasteiger partial charge on any atom is 0.213 e. The molecular weight excluding hydrogens is 148 g/mol. The third-order valence-electron chi connectivity index (χ3n) is 1.01. The van der Waals surface area contributed by atoms with Crippen molar-refractivity contribution in [2.24, 2.45) is 0 Å². The second-order valence-electron chi connectivity index (χ2n) is 1.69. The maximum absolute atomic E-state index is 9.88. The van der Waals surface area contributed by atoms with Crippen molar-refractivity contribution in [1.82, 2.24) is 0 Å². The average molecular weight is 154 g/mol. The summed E-state index contributed by atoms with van der Waals surface area (Å²) in [6.45, 7) is 0. The fourth-order valence-corrected chi connectivity index (χ4v) is 0.609. The highest BCUT2D eigenvalue weighted by Crippen LogP contribution is 2.15. The summed E-state index contributed by atoms with van der Waals surface area (Å²) in [6, 6.07) is 3.06. The van der Waals surface area contributed by atoms with Crippen molar-refractivity contribution in [3.63, 3.8) is 0 Å². The fourth-order valence-electron chi connectivity index (χ4n) is 0.609. The van der Waals surface area contributed by atoms with Crippen LogP contribution in [0.15, 0.2) is 16.5 Å². The van der Waals surface area contributed by atoms with Crippen molar-refractivity contribution in [2.75, 3.05) is 10.6 Å². The Hall–Kier alpha value is -1.78. The van der Waals surface area contributed by atoms with Gasteiger partial charge in [-0.05, 0) is 0 Å². The summed E-state index contributed by atoms with van der Waals surface area (Å²) in [5.41, 5.74) is 0. The molecule has 0 aliphatic carbocycles. The summed E-state index contributed by atoms with van der Waals surface area (Å²) in [5, 5.41) is 4.57. The molecule has 0 aliphatic heterocycles. The van der Waals surface area contributed by atoms with Crippen LogP contribution in [0.25, 0.3) is 0 Å². The molecule has 0 saturated heterocycles. The molecule has 0 unspecified atom stereocenters. The van der Waals surface area contributed by atoms with E-state index in [2.05, 4.69) is 10.6 Å². The van der Waals surface area contributed by atoms with Gasteiger partial charge < -0.3 is 4.42 Å². The summed E-state index contributed by atoms with van der Waals surface area (Å²) in [7, 11) is 0. The van der Waals surface area contributed by atoms with Crippen LogP contribution in [0.1, 0.15) is 0 Å². The van der Waals surface area contributed by atoms with Gasteiger partial charge in [0.25, 0.3) is 0 Å². The van der Waals surface area contributed by atoms with Crippen LogP contribution in [0.5, 0.6) is 0 Å². The molecule has 1 rings (SSSR count). The summed E-state index contributed by atoms with van der Waals surface area (Å²) >= 11 is 0. The van der Waals surface area contributed by atoms with Crippen LogP contribution in [0.4, 0.5) is 11.8 Å². The van der Waals surface area contributed by atoms with Crippen LogP contribution in [-0.4, -0.2) is 12.8 Å². The quantitative estimate of drug-likeness (QED) is 0.617. The van der Waals surface area contributed by atoms with E-state index in [9.17, 15) is 9.59 Å². The number of furan rings is 1. The lowest BCUT2D eigenvalue weighted by atomic mass is 10.6. The zero-order valence-electron chi connectivity index (χ0n) is 5.53. The predicted octanol–water partition coefficient (Wildman–Crippen LogP) is 0.416. The summed E-state index contributed by atoms with van der Waals surface area (Å²) in [5.74, 6) is 0.591. The van der Waals surface area contributed by atoms with Gasteiger partial charge in [0.15, 0.2) is 0 Å². The first-order valence-electron chi connectivity index (χ1n) is 2.87. The Kier molecular flexibility index (Phi) is 2.27. The highest BCUT2D eigenvalue weighted by atomic mass is 16.4. The van der Waals surface area contributed by atoms with Gasteiger partial charge >= 0.3 is 0 Å². The minimum atomic E-state index is 0.296. The van der Waals surface area contributed by atoms with E-state index in [4.69, 9.17) is 4.42 Å². The Morgan fingerprint density at radius 2 is 1.55 bits per heavy atom. The molecule has 0 saturated carbocycles. The van der Waals surface area contributed by atoms with Gasteiger partial charge in [-0.2, -0.15) is 0 Å². The van der Waals surface area contributed by atoms with E-state index in [0.717, 1.165) is 0 Å². The van der Waals surface area contributed by atoms with E-state index < -0.39 is 0 Å². The highest BCUT2D eigenvalue weighted by Gasteiger charge is 1.97. The lowest BCUT2D eigenvalue weighted by molar-refractivity contribution is -0.106. The van der Waals surface area contributed by atoms with Crippen LogP contribution in [0, 0.1) is 0 Å². The Labute approximate surface area is 62.4 Å². The molecule has 58 valence electrons. The molecule has 11 heavy (non-hydrogen) atoms. The molecule has 0 spiro atoms. The minimum Gasteiger partial charge on any atom is -0.425 e. The molecule has 1 aromatic rings. The number of rotatable bonds is 4. The molecule has 0 aliphatic rings. The number of amides is 2. The third kappa shape index (κ3) is 1.82. The van der Waals surface area contributed by atoms with Crippen LogP contribution in [0.3, 0.4) is 0 Å². The van der Waals surface area contributed by atoms with Gasteiger partial charge in [-0.1, -0.05) is 0 Å². The van der Waals surface area contributed by atoms with Gasteiger partial charge in [-0.25, -0.2) is 0 Å². The Bertz CT molecular complexity index is 232. The summed E-state index contributed by atoms with van der Waals surface area (Å²) in [4.78, 5) is 19.8. The van der Waals surface area contributed by atoms with E-state index in [1.54, 1.807) is 0 Å².